The lowest BCUT2D eigenvalue weighted by Gasteiger charge is -2.08. The molecule has 0 radical (unpaired) electrons. The molecule has 0 spiro atoms. The fourth-order valence-corrected chi connectivity index (χ4v) is 3.02. The average molecular weight is 369 g/mol. The number of rotatable bonds is 4. The Bertz CT molecular complexity index is 1100. The molecule has 8 nitrogen and oxygen atoms in total. The maximum Gasteiger partial charge on any atom is 0.239 e. The van der Waals surface area contributed by atoms with Crippen molar-refractivity contribution < 1.29 is 13.2 Å². The van der Waals surface area contributed by atoms with Gasteiger partial charge in [0.1, 0.15) is 4.90 Å². The topological polar surface area (TPSA) is 124 Å². The summed E-state index contributed by atoms with van der Waals surface area (Å²) in [5, 5.41) is 18.5. The summed E-state index contributed by atoms with van der Waals surface area (Å²) in [5.74, 6) is 0.834. The first-order chi connectivity index (χ1) is 12.3. The van der Waals surface area contributed by atoms with Crippen molar-refractivity contribution in [2.45, 2.75) is 11.8 Å². The molecule has 1 aromatic carbocycles. The average Bonchev–Trinajstić information content (AvgIpc) is 2.97. The van der Waals surface area contributed by atoms with E-state index in [9.17, 15) is 8.42 Å². The second-order valence-corrected chi connectivity index (χ2v) is 7.03. The number of nitrogens with two attached hydrogens (primary N) is 1. The molecule has 0 fully saturated rings. The molecule has 26 heavy (non-hydrogen) atoms. The van der Waals surface area contributed by atoms with Crippen LogP contribution in [0.3, 0.4) is 0 Å². The normalized spacial score (nSPS) is 11.2. The van der Waals surface area contributed by atoms with Gasteiger partial charge in [-0.05, 0) is 36.8 Å². The van der Waals surface area contributed by atoms with Crippen molar-refractivity contribution in [1.82, 2.24) is 14.8 Å². The number of hydrogen-bond acceptors (Lipinski definition) is 6. The molecule has 2 aromatic heterocycles. The molecule has 0 aliphatic heterocycles. The second kappa shape index (κ2) is 6.59. The fraction of sp³-hybridized carbons (Fsp3) is 0.118. The Balaban J connectivity index is 2.11. The number of nitriles is 1. The van der Waals surface area contributed by atoms with Gasteiger partial charge in [0.25, 0.3) is 0 Å². The maximum absolute atomic E-state index is 11.4. The van der Waals surface area contributed by atoms with Gasteiger partial charge < -0.3 is 4.74 Å². The summed E-state index contributed by atoms with van der Waals surface area (Å²) in [7, 11) is -2.31. The van der Waals surface area contributed by atoms with Crippen molar-refractivity contribution in [3.05, 3.63) is 53.9 Å². The number of hydrogen-bond donors (Lipinski definition) is 1. The van der Waals surface area contributed by atoms with E-state index in [4.69, 9.17) is 15.1 Å². The molecule has 3 rings (SSSR count). The molecule has 2 heterocycles. The highest BCUT2D eigenvalue weighted by atomic mass is 32.2. The third-order valence-corrected chi connectivity index (χ3v) is 4.68. The summed E-state index contributed by atoms with van der Waals surface area (Å²) >= 11 is 0. The van der Waals surface area contributed by atoms with E-state index in [0.29, 0.717) is 23.0 Å². The summed E-state index contributed by atoms with van der Waals surface area (Å²) in [5.41, 5.74) is 2.85. The zero-order valence-electron chi connectivity index (χ0n) is 14.0. The molecule has 2 N–H and O–H groups in total. The fourth-order valence-electron chi connectivity index (χ4n) is 2.56. The number of primary sulfonamides is 1. The zero-order chi connectivity index (χ0) is 18.9. The van der Waals surface area contributed by atoms with Crippen molar-refractivity contribution in [2.24, 2.45) is 5.14 Å². The van der Waals surface area contributed by atoms with E-state index in [-0.39, 0.29) is 4.90 Å². The van der Waals surface area contributed by atoms with Crippen LogP contribution in [-0.2, 0) is 10.0 Å². The first kappa shape index (κ1) is 17.6. The van der Waals surface area contributed by atoms with E-state index >= 15 is 0 Å². The summed E-state index contributed by atoms with van der Waals surface area (Å²) < 4.78 is 29.7. The number of nitrogens with zero attached hydrogens (tertiary/aromatic N) is 4. The van der Waals surface area contributed by atoms with Gasteiger partial charge in [-0.15, -0.1) is 0 Å². The van der Waals surface area contributed by atoms with Crippen molar-refractivity contribution in [3.8, 4) is 28.9 Å². The van der Waals surface area contributed by atoms with Crippen LogP contribution in [0.15, 0.2) is 47.5 Å². The van der Waals surface area contributed by atoms with Gasteiger partial charge in [-0.3, -0.25) is 0 Å². The molecule has 0 amide bonds. The van der Waals surface area contributed by atoms with E-state index in [2.05, 4.69) is 16.2 Å². The highest BCUT2D eigenvalue weighted by Crippen LogP contribution is 2.34. The van der Waals surface area contributed by atoms with Crippen molar-refractivity contribution in [2.75, 3.05) is 7.11 Å². The molecule has 0 aliphatic rings. The van der Waals surface area contributed by atoms with Gasteiger partial charge in [0, 0.05) is 6.20 Å². The summed E-state index contributed by atoms with van der Waals surface area (Å²) in [6.07, 6.45) is 1.17. The van der Waals surface area contributed by atoms with Gasteiger partial charge in [0.15, 0.2) is 5.82 Å². The van der Waals surface area contributed by atoms with Crippen LogP contribution in [-0.4, -0.2) is 30.3 Å². The predicted octanol–water partition coefficient (Wildman–Crippen LogP) is 1.77. The Labute approximate surface area is 150 Å². The quantitative estimate of drug-likeness (QED) is 0.747. The minimum absolute atomic E-state index is 0.0867. The Morgan fingerprint density at radius 1 is 1.19 bits per heavy atom. The minimum atomic E-state index is -3.82. The summed E-state index contributed by atoms with van der Waals surface area (Å²) in [6, 6.07) is 12.0. The monoisotopic (exact) mass is 369 g/mol. The molecule has 0 bridgehead atoms. The lowest BCUT2D eigenvalue weighted by Crippen LogP contribution is -2.13. The summed E-state index contributed by atoms with van der Waals surface area (Å²) in [4.78, 5) is 4.03. The number of benzene rings is 1. The van der Waals surface area contributed by atoms with Crippen LogP contribution in [0.1, 0.15) is 11.3 Å². The molecule has 3 aromatic rings. The van der Waals surface area contributed by atoms with Gasteiger partial charge >= 0.3 is 0 Å². The molecule has 132 valence electrons. The van der Waals surface area contributed by atoms with Crippen molar-refractivity contribution >= 4 is 10.0 Å². The number of ether oxygens (including phenoxy) is 1. The Morgan fingerprint density at radius 2 is 1.88 bits per heavy atom. The number of sulfonamides is 1. The van der Waals surface area contributed by atoms with Gasteiger partial charge in [0.05, 0.1) is 30.0 Å². The smallest absolute Gasteiger partial charge is 0.239 e. The van der Waals surface area contributed by atoms with Crippen molar-refractivity contribution in [1.29, 1.82) is 5.26 Å². The lowest BCUT2D eigenvalue weighted by molar-refractivity contribution is 0.384. The van der Waals surface area contributed by atoms with E-state index in [1.165, 1.54) is 30.1 Å². The third kappa shape index (κ3) is 3.15. The number of methoxy groups -OCH3 is 1. The Kier molecular flexibility index (Phi) is 4.46. The molecule has 0 aliphatic carbocycles. The molecule has 0 saturated carbocycles. The molecular formula is C17H15N5O3S. The second-order valence-electron chi connectivity index (χ2n) is 5.47. The highest BCUT2D eigenvalue weighted by molar-refractivity contribution is 7.89. The van der Waals surface area contributed by atoms with Gasteiger partial charge in [0.2, 0.25) is 15.9 Å². The van der Waals surface area contributed by atoms with Gasteiger partial charge in [-0.2, -0.15) is 15.0 Å². The van der Waals surface area contributed by atoms with Crippen LogP contribution < -0.4 is 9.88 Å². The van der Waals surface area contributed by atoms with E-state index in [1.807, 2.05) is 19.1 Å². The SMILES string of the molecule is COc1c(-c2ccc(C#N)cc2)c(C)nn1-c1ccc(S(N)(=O)=O)cn1. The van der Waals surface area contributed by atoms with Gasteiger partial charge in [-0.25, -0.2) is 18.5 Å². The Hall–Kier alpha value is -3.22. The lowest BCUT2D eigenvalue weighted by atomic mass is 10.0. The number of aromatic nitrogens is 3. The van der Waals surface area contributed by atoms with Crippen LogP contribution in [0.2, 0.25) is 0 Å². The zero-order valence-corrected chi connectivity index (χ0v) is 14.9. The van der Waals surface area contributed by atoms with Crippen LogP contribution in [0.4, 0.5) is 0 Å². The first-order valence-electron chi connectivity index (χ1n) is 7.48. The minimum Gasteiger partial charge on any atom is -0.480 e. The molecule has 9 heteroatoms. The third-order valence-electron chi connectivity index (χ3n) is 3.78. The van der Waals surface area contributed by atoms with Crippen LogP contribution in [0.5, 0.6) is 5.88 Å². The predicted molar refractivity (Wildman–Crippen MR) is 94.2 cm³/mol. The largest absolute Gasteiger partial charge is 0.480 e. The standard InChI is InChI=1S/C17H15N5O3S/c1-11-16(13-5-3-12(9-18)4-6-13)17(25-2)22(21-11)15-8-7-14(10-20-15)26(19,23)24/h3-8,10H,1-2H3,(H2,19,23,24). The number of aryl methyl sites for hydroxylation is 1. The van der Waals surface area contributed by atoms with E-state index in [0.717, 1.165) is 11.1 Å². The van der Waals surface area contributed by atoms with Gasteiger partial charge in [-0.1, -0.05) is 12.1 Å². The summed E-state index contributed by atoms with van der Waals surface area (Å²) in [6.45, 7) is 1.82. The van der Waals surface area contributed by atoms with E-state index in [1.54, 1.807) is 12.1 Å². The number of pyridine rings is 1. The maximum atomic E-state index is 11.4. The molecule has 0 atom stereocenters. The van der Waals surface area contributed by atoms with Crippen LogP contribution in [0.25, 0.3) is 16.9 Å². The molecular weight excluding hydrogens is 354 g/mol. The first-order valence-corrected chi connectivity index (χ1v) is 9.03. The molecule has 0 saturated heterocycles. The highest BCUT2D eigenvalue weighted by Gasteiger charge is 2.20. The van der Waals surface area contributed by atoms with Crippen LogP contribution >= 0.6 is 0 Å². The van der Waals surface area contributed by atoms with Crippen molar-refractivity contribution in [3.63, 3.8) is 0 Å². The van der Waals surface area contributed by atoms with Crippen LogP contribution in [0, 0.1) is 18.3 Å². The van der Waals surface area contributed by atoms with E-state index < -0.39 is 10.0 Å². The molecule has 0 unspecified atom stereocenters. The Morgan fingerprint density at radius 3 is 2.38 bits per heavy atom.